The van der Waals surface area contributed by atoms with Crippen molar-refractivity contribution < 1.29 is 4.79 Å². The predicted octanol–water partition coefficient (Wildman–Crippen LogP) is 1.14. The molecule has 0 aliphatic carbocycles. The van der Waals surface area contributed by atoms with E-state index in [0.717, 1.165) is 6.54 Å². The zero-order chi connectivity index (χ0) is 9.97. The summed E-state index contributed by atoms with van der Waals surface area (Å²) >= 11 is 0. The van der Waals surface area contributed by atoms with Crippen LogP contribution in [0.25, 0.3) is 0 Å². The zero-order valence-corrected chi connectivity index (χ0v) is 8.23. The van der Waals surface area contributed by atoms with Crippen LogP contribution in [0.2, 0.25) is 0 Å². The summed E-state index contributed by atoms with van der Waals surface area (Å²) in [4.78, 5) is 12.9. The van der Waals surface area contributed by atoms with Crippen molar-refractivity contribution >= 4 is 5.91 Å². The number of hydrogen-bond acceptors (Lipinski definition) is 2. The van der Waals surface area contributed by atoms with Gasteiger partial charge in [-0.15, -0.1) is 0 Å². The first kappa shape index (κ1) is 9.21. The Balaban J connectivity index is 2.06. The van der Waals surface area contributed by atoms with Crippen LogP contribution >= 0.6 is 0 Å². The van der Waals surface area contributed by atoms with Crippen molar-refractivity contribution in [3.63, 3.8) is 0 Å². The third-order valence-corrected chi connectivity index (χ3v) is 2.58. The molecule has 1 aliphatic heterocycles. The van der Waals surface area contributed by atoms with Crippen molar-refractivity contribution in [1.29, 1.82) is 0 Å². The minimum absolute atomic E-state index is 0.135. The predicted molar refractivity (Wildman–Crippen MR) is 54.6 cm³/mol. The van der Waals surface area contributed by atoms with Gasteiger partial charge in [-0.1, -0.05) is 30.3 Å². The summed E-state index contributed by atoms with van der Waals surface area (Å²) in [5.41, 5.74) is 1.25. The number of carbonyl (C=O) groups is 1. The van der Waals surface area contributed by atoms with Gasteiger partial charge in [0.15, 0.2) is 0 Å². The van der Waals surface area contributed by atoms with Crippen LogP contribution in [0.1, 0.15) is 18.5 Å². The summed E-state index contributed by atoms with van der Waals surface area (Å²) in [6, 6.07) is 10.5. The summed E-state index contributed by atoms with van der Waals surface area (Å²) in [5, 5.41) is 3.31. The Bertz CT molecular complexity index is 323. The molecule has 14 heavy (non-hydrogen) atoms. The average Bonchev–Trinajstić information content (AvgIpc) is 2.68. The molecule has 0 unspecified atom stereocenters. The molecule has 1 heterocycles. The van der Waals surface area contributed by atoms with Crippen molar-refractivity contribution in [3.8, 4) is 0 Å². The lowest BCUT2D eigenvalue weighted by Gasteiger charge is -2.12. The highest BCUT2D eigenvalue weighted by Gasteiger charge is 2.23. The van der Waals surface area contributed by atoms with Crippen molar-refractivity contribution in [3.05, 3.63) is 35.9 Å². The first-order valence-electron chi connectivity index (χ1n) is 4.81. The Morgan fingerprint density at radius 1 is 1.43 bits per heavy atom. The van der Waals surface area contributed by atoms with Gasteiger partial charge in [0, 0.05) is 13.5 Å². The number of rotatable bonds is 1. The van der Waals surface area contributed by atoms with Gasteiger partial charge in [0.1, 0.15) is 0 Å². The summed E-state index contributed by atoms with van der Waals surface area (Å²) in [5.74, 6) is 0.135. The maximum absolute atomic E-state index is 11.1. The molecule has 3 heteroatoms. The Morgan fingerprint density at radius 3 is 2.71 bits per heavy atom. The van der Waals surface area contributed by atoms with Crippen molar-refractivity contribution in [2.24, 2.45) is 0 Å². The molecule has 0 bridgehead atoms. The van der Waals surface area contributed by atoms with Crippen LogP contribution in [0.4, 0.5) is 0 Å². The highest BCUT2D eigenvalue weighted by atomic mass is 16.2. The van der Waals surface area contributed by atoms with Crippen LogP contribution in [0.5, 0.6) is 0 Å². The van der Waals surface area contributed by atoms with E-state index in [4.69, 9.17) is 0 Å². The van der Waals surface area contributed by atoms with E-state index in [1.54, 1.807) is 6.92 Å². The topological polar surface area (TPSA) is 32.3 Å². The maximum atomic E-state index is 11.1. The highest BCUT2D eigenvalue weighted by Crippen LogP contribution is 2.18. The van der Waals surface area contributed by atoms with Gasteiger partial charge in [-0.2, -0.15) is 0 Å². The van der Waals surface area contributed by atoms with Crippen LogP contribution in [0.15, 0.2) is 30.3 Å². The van der Waals surface area contributed by atoms with E-state index in [2.05, 4.69) is 17.4 Å². The first-order chi connectivity index (χ1) is 6.77. The summed E-state index contributed by atoms with van der Waals surface area (Å²) in [6.45, 7) is 3.04. The van der Waals surface area contributed by atoms with E-state index >= 15 is 0 Å². The van der Waals surface area contributed by atoms with Gasteiger partial charge in [-0.25, -0.2) is 0 Å². The van der Waals surface area contributed by atoms with E-state index in [9.17, 15) is 4.79 Å². The molecule has 1 fully saturated rings. The molecule has 0 spiro atoms. The molecule has 1 aliphatic rings. The Kier molecular flexibility index (Phi) is 2.50. The normalized spacial score (nSPS) is 21.2. The molecule has 1 aromatic rings. The smallest absolute Gasteiger partial charge is 0.220 e. The molecule has 1 saturated heterocycles. The van der Waals surface area contributed by atoms with Gasteiger partial charge in [0.25, 0.3) is 0 Å². The van der Waals surface area contributed by atoms with Crippen LogP contribution in [-0.4, -0.2) is 24.0 Å². The van der Waals surface area contributed by atoms with Crippen LogP contribution < -0.4 is 5.32 Å². The lowest BCUT2D eigenvalue weighted by Crippen LogP contribution is -2.26. The van der Waals surface area contributed by atoms with Gasteiger partial charge in [0.05, 0.1) is 12.7 Å². The summed E-state index contributed by atoms with van der Waals surface area (Å²) in [6.07, 6.45) is 0. The molecule has 1 amide bonds. The SMILES string of the molecule is CC(=O)N1CN[C@H](c2ccccc2)C1. The molecule has 1 aromatic carbocycles. The second kappa shape index (κ2) is 3.80. The zero-order valence-electron chi connectivity index (χ0n) is 8.23. The Morgan fingerprint density at radius 2 is 2.14 bits per heavy atom. The minimum Gasteiger partial charge on any atom is -0.328 e. The van der Waals surface area contributed by atoms with Crippen LogP contribution in [-0.2, 0) is 4.79 Å². The standard InChI is InChI=1S/C11H14N2O/c1-9(14)13-7-11(12-8-13)10-5-3-2-4-6-10/h2-6,11-12H,7-8H2,1H3/t11-/m0/s1. The molecule has 1 N–H and O–H groups in total. The fourth-order valence-electron chi connectivity index (χ4n) is 1.72. The van der Waals surface area contributed by atoms with Gasteiger partial charge in [-0.05, 0) is 5.56 Å². The number of hydrogen-bond donors (Lipinski definition) is 1. The molecule has 0 saturated carbocycles. The quantitative estimate of drug-likeness (QED) is 0.720. The molecular weight excluding hydrogens is 176 g/mol. The van der Waals surface area contributed by atoms with E-state index < -0.39 is 0 Å². The Hall–Kier alpha value is -1.35. The number of amides is 1. The molecule has 74 valence electrons. The second-order valence-corrected chi connectivity index (χ2v) is 3.57. The number of benzene rings is 1. The third kappa shape index (κ3) is 1.77. The minimum atomic E-state index is 0.135. The molecule has 0 radical (unpaired) electrons. The second-order valence-electron chi connectivity index (χ2n) is 3.57. The van der Waals surface area contributed by atoms with E-state index in [1.807, 2.05) is 23.1 Å². The van der Waals surface area contributed by atoms with Crippen molar-refractivity contribution in [2.75, 3.05) is 13.2 Å². The number of nitrogens with zero attached hydrogens (tertiary/aromatic N) is 1. The maximum Gasteiger partial charge on any atom is 0.220 e. The molecular formula is C11H14N2O. The van der Waals surface area contributed by atoms with Crippen LogP contribution in [0, 0.1) is 0 Å². The van der Waals surface area contributed by atoms with Crippen LogP contribution in [0.3, 0.4) is 0 Å². The molecule has 3 nitrogen and oxygen atoms in total. The fourth-order valence-corrected chi connectivity index (χ4v) is 1.72. The monoisotopic (exact) mass is 190 g/mol. The van der Waals surface area contributed by atoms with Crippen molar-refractivity contribution in [2.45, 2.75) is 13.0 Å². The van der Waals surface area contributed by atoms with E-state index in [0.29, 0.717) is 12.7 Å². The Labute approximate surface area is 83.7 Å². The van der Waals surface area contributed by atoms with E-state index in [1.165, 1.54) is 5.56 Å². The van der Waals surface area contributed by atoms with Gasteiger partial charge in [0.2, 0.25) is 5.91 Å². The number of nitrogens with one attached hydrogen (secondary N) is 1. The largest absolute Gasteiger partial charge is 0.328 e. The number of carbonyl (C=O) groups excluding carboxylic acids is 1. The lowest BCUT2D eigenvalue weighted by molar-refractivity contribution is -0.127. The van der Waals surface area contributed by atoms with Gasteiger partial charge in [-0.3, -0.25) is 10.1 Å². The average molecular weight is 190 g/mol. The van der Waals surface area contributed by atoms with E-state index in [-0.39, 0.29) is 5.91 Å². The first-order valence-corrected chi connectivity index (χ1v) is 4.81. The molecule has 1 atom stereocenters. The molecule has 2 rings (SSSR count). The van der Waals surface area contributed by atoms with Gasteiger partial charge >= 0.3 is 0 Å². The summed E-state index contributed by atoms with van der Waals surface area (Å²) < 4.78 is 0. The van der Waals surface area contributed by atoms with Gasteiger partial charge < -0.3 is 4.90 Å². The summed E-state index contributed by atoms with van der Waals surface area (Å²) in [7, 11) is 0. The fraction of sp³-hybridized carbons (Fsp3) is 0.364. The third-order valence-electron chi connectivity index (χ3n) is 2.58. The lowest BCUT2D eigenvalue weighted by atomic mass is 10.1. The van der Waals surface area contributed by atoms with Crippen molar-refractivity contribution in [1.82, 2.24) is 10.2 Å². The highest BCUT2D eigenvalue weighted by molar-refractivity contribution is 5.73. The molecule has 0 aromatic heterocycles.